The SMILES string of the molecule is CCC(=O)c1c(-c2ccc(F)cc2)oc2cc(CC(=O)N(C)C)c(-c3cccc(C(=O)CC45CC(C4)C5)c3)cc12. The topological polar surface area (TPSA) is 67.6 Å². The van der Waals surface area contributed by atoms with Crippen molar-refractivity contribution in [2.75, 3.05) is 14.1 Å². The van der Waals surface area contributed by atoms with Crippen molar-refractivity contribution < 1.29 is 23.2 Å². The number of furan rings is 1. The Kier molecular flexibility index (Phi) is 6.44. The molecule has 2 bridgehead atoms. The zero-order valence-corrected chi connectivity index (χ0v) is 23.1. The highest BCUT2D eigenvalue weighted by Crippen LogP contribution is 2.66. The summed E-state index contributed by atoms with van der Waals surface area (Å²) in [6, 6.07) is 17.2. The van der Waals surface area contributed by atoms with Gasteiger partial charge in [-0.25, -0.2) is 4.39 Å². The first kappa shape index (κ1) is 26.2. The monoisotopic (exact) mass is 537 g/mol. The van der Waals surface area contributed by atoms with E-state index in [-0.39, 0.29) is 41.5 Å². The van der Waals surface area contributed by atoms with Crippen LogP contribution < -0.4 is 0 Å². The van der Waals surface area contributed by atoms with Gasteiger partial charge in [0, 0.05) is 43.5 Å². The number of carbonyl (C=O) groups excluding carboxylic acids is 3. The number of Topliss-reactive ketones (excluding diaryl/α,β-unsaturated/α-hetero) is 2. The van der Waals surface area contributed by atoms with Gasteiger partial charge in [0.05, 0.1) is 12.0 Å². The standard InChI is InChI=1S/C34H32FNO4/c1-4-28(37)32-27-15-26(22-6-5-7-23(12-22)29(38)19-34-16-20(17-34)18-34)24(14-31(39)36(2)3)13-30(27)40-33(32)21-8-10-25(35)11-9-21/h5-13,15,20H,4,14,16-19H2,1-3H3. The first-order chi connectivity index (χ1) is 19.2. The zero-order chi connectivity index (χ0) is 28.2. The third kappa shape index (κ3) is 4.55. The Morgan fingerprint density at radius 3 is 2.30 bits per heavy atom. The van der Waals surface area contributed by atoms with E-state index in [0.29, 0.717) is 39.8 Å². The third-order valence-corrected chi connectivity index (χ3v) is 8.66. The smallest absolute Gasteiger partial charge is 0.226 e. The summed E-state index contributed by atoms with van der Waals surface area (Å²) < 4.78 is 19.9. The molecule has 204 valence electrons. The van der Waals surface area contributed by atoms with Gasteiger partial charge in [-0.15, -0.1) is 0 Å². The van der Waals surface area contributed by atoms with E-state index in [0.717, 1.165) is 41.9 Å². The van der Waals surface area contributed by atoms with Gasteiger partial charge in [0.25, 0.3) is 0 Å². The van der Waals surface area contributed by atoms with E-state index in [1.54, 1.807) is 33.2 Å². The fraction of sp³-hybridized carbons (Fsp3) is 0.324. The van der Waals surface area contributed by atoms with Gasteiger partial charge in [0.15, 0.2) is 11.6 Å². The van der Waals surface area contributed by atoms with Crippen LogP contribution >= 0.6 is 0 Å². The van der Waals surface area contributed by atoms with Crippen LogP contribution in [-0.2, 0) is 11.2 Å². The summed E-state index contributed by atoms with van der Waals surface area (Å²) in [5.74, 6) is 0.799. The molecule has 3 aliphatic rings. The second-order valence-corrected chi connectivity index (χ2v) is 11.7. The van der Waals surface area contributed by atoms with Crippen molar-refractivity contribution in [3.05, 3.63) is 83.2 Å². The van der Waals surface area contributed by atoms with Gasteiger partial charge in [-0.05, 0) is 89.8 Å². The molecule has 1 aromatic heterocycles. The van der Waals surface area contributed by atoms with E-state index >= 15 is 0 Å². The number of amides is 1. The minimum Gasteiger partial charge on any atom is -0.455 e. The van der Waals surface area contributed by atoms with Crippen LogP contribution in [0.4, 0.5) is 4.39 Å². The predicted octanol–water partition coefficient (Wildman–Crippen LogP) is 7.50. The summed E-state index contributed by atoms with van der Waals surface area (Å²) in [6.45, 7) is 1.79. The van der Waals surface area contributed by atoms with Crippen LogP contribution in [0.1, 0.15) is 65.3 Å². The Morgan fingerprint density at radius 2 is 1.68 bits per heavy atom. The number of benzene rings is 3. The number of ketones is 2. The van der Waals surface area contributed by atoms with Gasteiger partial charge in [0.1, 0.15) is 17.2 Å². The van der Waals surface area contributed by atoms with Gasteiger partial charge in [-0.2, -0.15) is 0 Å². The minimum atomic E-state index is -0.376. The summed E-state index contributed by atoms with van der Waals surface area (Å²) in [5, 5.41) is 0.632. The van der Waals surface area contributed by atoms with Crippen LogP contribution in [-0.4, -0.2) is 36.5 Å². The highest BCUT2D eigenvalue weighted by molar-refractivity contribution is 6.13. The third-order valence-electron chi connectivity index (χ3n) is 8.66. The van der Waals surface area contributed by atoms with Gasteiger partial charge in [0.2, 0.25) is 5.91 Å². The molecule has 1 amide bonds. The van der Waals surface area contributed by atoms with E-state index in [1.165, 1.54) is 17.0 Å². The van der Waals surface area contributed by atoms with Crippen LogP contribution in [0, 0.1) is 17.2 Å². The quantitative estimate of drug-likeness (QED) is 0.207. The van der Waals surface area contributed by atoms with Crippen molar-refractivity contribution in [1.82, 2.24) is 4.90 Å². The summed E-state index contributed by atoms with van der Waals surface area (Å²) in [4.78, 5) is 40.8. The molecule has 4 aromatic rings. The molecule has 1 heterocycles. The molecule has 5 nitrogen and oxygen atoms in total. The van der Waals surface area contributed by atoms with Crippen LogP contribution in [0.3, 0.4) is 0 Å². The van der Waals surface area contributed by atoms with Crippen LogP contribution in [0.2, 0.25) is 0 Å². The fourth-order valence-corrected chi connectivity index (χ4v) is 6.36. The van der Waals surface area contributed by atoms with E-state index < -0.39 is 0 Å². The number of hydrogen-bond acceptors (Lipinski definition) is 4. The first-order valence-corrected chi connectivity index (χ1v) is 13.9. The molecule has 3 saturated carbocycles. The maximum atomic E-state index is 13.7. The van der Waals surface area contributed by atoms with Crippen LogP contribution in [0.15, 0.2) is 65.1 Å². The summed E-state index contributed by atoms with van der Waals surface area (Å²) in [5.41, 5.74) is 4.72. The molecule has 3 aliphatic carbocycles. The van der Waals surface area contributed by atoms with E-state index in [1.807, 2.05) is 36.4 Å². The van der Waals surface area contributed by atoms with Crippen LogP contribution in [0.25, 0.3) is 33.4 Å². The van der Waals surface area contributed by atoms with E-state index in [4.69, 9.17) is 4.42 Å². The number of likely N-dealkylation sites (N-methyl/N-ethyl adjacent to an activating group) is 1. The lowest BCUT2D eigenvalue weighted by atomic mass is 9.43. The lowest BCUT2D eigenvalue weighted by molar-refractivity contribution is -0.127. The molecule has 6 heteroatoms. The fourth-order valence-electron chi connectivity index (χ4n) is 6.36. The molecule has 0 N–H and O–H groups in total. The van der Waals surface area contributed by atoms with E-state index in [2.05, 4.69) is 0 Å². The summed E-state index contributed by atoms with van der Waals surface area (Å²) >= 11 is 0. The molecular weight excluding hydrogens is 505 g/mol. The molecule has 3 aromatic carbocycles. The molecular formula is C34H32FNO4. The minimum absolute atomic E-state index is 0.0772. The number of hydrogen-bond donors (Lipinski definition) is 0. The maximum absolute atomic E-state index is 13.7. The van der Waals surface area contributed by atoms with Gasteiger partial charge < -0.3 is 9.32 Å². The second kappa shape index (κ2) is 9.84. The Hall–Kier alpha value is -4.06. The van der Waals surface area contributed by atoms with Crippen molar-refractivity contribution in [2.24, 2.45) is 11.3 Å². The second-order valence-electron chi connectivity index (χ2n) is 11.7. The van der Waals surface area contributed by atoms with Crippen molar-refractivity contribution in [2.45, 2.75) is 45.4 Å². The number of halogens is 1. The Labute approximate surface area is 233 Å². The molecule has 0 spiro atoms. The van der Waals surface area contributed by atoms with Gasteiger partial charge >= 0.3 is 0 Å². The number of rotatable bonds is 9. The number of fused-ring (bicyclic) bond motifs is 1. The van der Waals surface area contributed by atoms with Crippen molar-refractivity contribution in [3.8, 4) is 22.5 Å². The van der Waals surface area contributed by atoms with Gasteiger partial charge in [-0.1, -0.05) is 25.1 Å². The summed E-state index contributed by atoms with van der Waals surface area (Å²) in [6.07, 6.45) is 4.47. The Morgan fingerprint density at radius 1 is 0.950 bits per heavy atom. The lowest BCUT2D eigenvalue weighted by Gasteiger charge is -2.62. The largest absolute Gasteiger partial charge is 0.455 e. The molecule has 0 aliphatic heterocycles. The molecule has 0 atom stereocenters. The van der Waals surface area contributed by atoms with Crippen molar-refractivity contribution >= 4 is 28.4 Å². The molecule has 7 rings (SSSR count). The molecule has 0 unspecified atom stereocenters. The lowest BCUT2D eigenvalue weighted by Crippen LogP contribution is -2.52. The normalized spacial score (nSPS) is 19.1. The zero-order valence-electron chi connectivity index (χ0n) is 23.1. The van der Waals surface area contributed by atoms with Crippen molar-refractivity contribution in [3.63, 3.8) is 0 Å². The Balaban J connectivity index is 1.49. The number of nitrogens with zero attached hydrogens (tertiary/aromatic N) is 1. The molecule has 0 saturated heterocycles. The van der Waals surface area contributed by atoms with Gasteiger partial charge in [-0.3, -0.25) is 14.4 Å². The van der Waals surface area contributed by atoms with Crippen LogP contribution in [0.5, 0.6) is 0 Å². The molecule has 3 fully saturated rings. The maximum Gasteiger partial charge on any atom is 0.226 e. The van der Waals surface area contributed by atoms with Crippen molar-refractivity contribution in [1.29, 1.82) is 0 Å². The first-order valence-electron chi connectivity index (χ1n) is 13.9. The highest BCUT2D eigenvalue weighted by Gasteiger charge is 2.56. The predicted molar refractivity (Wildman–Crippen MR) is 153 cm³/mol. The molecule has 0 radical (unpaired) electrons. The highest BCUT2D eigenvalue weighted by atomic mass is 19.1. The Bertz CT molecular complexity index is 1650. The molecule has 40 heavy (non-hydrogen) atoms. The summed E-state index contributed by atoms with van der Waals surface area (Å²) in [7, 11) is 3.42. The average molecular weight is 538 g/mol. The number of carbonyl (C=O) groups is 3. The van der Waals surface area contributed by atoms with E-state index in [9.17, 15) is 18.8 Å². The average Bonchev–Trinajstić information content (AvgIpc) is 3.27.